The summed E-state index contributed by atoms with van der Waals surface area (Å²) >= 11 is 0. The quantitative estimate of drug-likeness (QED) is 0.874. The van der Waals surface area contributed by atoms with Crippen molar-refractivity contribution in [2.75, 3.05) is 11.9 Å². The lowest BCUT2D eigenvalue weighted by atomic mass is 10.1. The summed E-state index contributed by atoms with van der Waals surface area (Å²) in [6, 6.07) is 9.52. The predicted molar refractivity (Wildman–Crippen MR) is 83.8 cm³/mol. The van der Waals surface area contributed by atoms with E-state index in [1.54, 1.807) is 18.2 Å². The number of rotatable bonds is 6. The number of nitriles is 1. The summed E-state index contributed by atoms with van der Waals surface area (Å²) in [5.74, 6) is 0.542. The van der Waals surface area contributed by atoms with Crippen LogP contribution in [-0.4, -0.2) is 29.4 Å². The van der Waals surface area contributed by atoms with Gasteiger partial charge in [-0.2, -0.15) is 5.26 Å². The first kappa shape index (κ1) is 15.5. The topological polar surface area (TPSA) is 56.1 Å². The third-order valence-corrected chi connectivity index (χ3v) is 3.73. The molecule has 1 aromatic rings. The molecule has 0 aliphatic heterocycles. The van der Waals surface area contributed by atoms with E-state index >= 15 is 0 Å². The molecule has 1 aromatic carbocycles. The van der Waals surface area contributed by atoms with E-state index in [2.05, 4.69) is 30.1 Å². The van der Waals surface area contributed by atoms with Gasteiger partial charge in [0.15, 0.2) is 0 Å². The number of carbonyl (C=O) groups excluding carboxylic acids is 1. The van der Waals surface area contributed by atoms with E-state index in [-0.39, 0.29) is 11.9 Å². The summed E-state index contributed by atoms with van der Waals surface area (Å²) in [6.07, 6.45) is 2.38. The Kier molecular flexibility index (Phi) is 4.98. The van der Waals surface area contributed by atoms with Crippen molar-refractivity contribution >= 4 is 11.6 Å². The fourth-order valence-corrected chi connectivity index (χ4v) is 2.52. The molecule has 0 radical (unpaired) electrons. The zero-order valence-corrected chi connectivity index (χ0v) is 13.0. The zero-order chi connectivity index (χ0) is 15.4. The van der Waals surface area contributed by atoms with Gasteiger partial charge in [-0.3, -0.25) is 9.69 Å². The van der Waals surface area contributed by atoms with Crippen molar-refractivity contribution in [2.24, 2.45) is 5.92 Å². The molecule has 0 heterocycles. The van der Waals surface area contributed by atoms with Crippen LogP contribution in [0.25, 0.3) is 0 Å². The average molecular weight is 285 g/mol. The second-order valence-corrected chi connectivity index (χ2v) is 6.18. The number of benzene rings is 1. The van der Waals surface area contributed by atoms with Gasteiger partial charge in [-0.25, -0.2) is 0 Å². The fourth-order valence-electron chi connectivity index (χ4n) is 2.52. The molecule has 0 spiro atoms. The number of nitrogens with one attached hydrogen (secondary N) is 1. The van der Waals surface area contributed by atoms with Gasteiger partial charge in [0.1, 0.15) is 0 Å². The molecular weight excluding hydrogens is 262 g/mol. The van der Waals surface area contributed by atoms with Gasteiger partial charge in [-0.15, -0.1) is 0 Å². The summed E-state index contributed by atoms with van der Waals surface area (Å²) in [5.41, 5.74) is 1.24. The van der Waals surface area contributed by atoms with E-state index < -0.39 is 0 Å². The third-order valence-electron chi connectivity index (χ3n) is 3.73. The van der Waals surface area contributed by atoms with Crippen LogP contribution in [0.15, 0.2) is 24.3 Å². The maximum Gasteiger partial charge on any atom is 0.241 e. The van der Waals surface area contributed by atoms with Crippen LogP contribution in [0.4, 0.5) is 5.69 Å². The number of amides is 1. The van der Waals surface area contributed by atoms with Crippen molar-refractivity contribution < 1.29 is 4.79 Å². The zero-order valence-electron chi connectivity index (χ0n) is 13.0. The van der Waals surface area contributed by atoms with Crippen LogP contribution in [0.1, 0.15) is 39.2 Å². The fraction of sp³-hybridized carbons (Fsp3) is 0.529. The lowest BCUT2D eigenvalue weighted by molar-refractivity contribution is -0.121. The Morgan fingerprint density at radius 3 is 2.71 bits per heavy atom. The Bertz CT molecular complexity index is 543. The smallest absolute Gasteiger partial charge is 0.241 e. The summed E-state index contributed by atoms with van der Waals surface area (Å²) in [6.45, 7) is 7.26. The number of carbonyl (C=O) groups is 1. The van der Waals surface area contributed by atoms with Crippen LogP contribution < -0.4 is 5.32 Å². The van der Waals surface area contributed by atoms with Crippen LogP contribution in [0, 0.1) is 17.2 Å². The first-order chi connectivity index (χ1) is 10.0. The van der Waals surface area contributed by atoms with E-state index in [1.165, 1.54) is 12.8 Å². The minimum absolute atomic E-state index is 0.00219. The van der Waals surface area contributed by atoms with Gasteiger partial charge in [0.2, 0.25) is 5.91 Å². The largest absolute Gasteiger partial charge is 0.325 e. The van der Waals surface area contributed by atoms with Crippen molar-refractivity contribution in [1.29, 1.82) is 5.26 Å². The van der Waals surface area contributed by atoms with Gasteiger partial charge < -0.3 is 5.32 Å². The van der Waals surface area contributed by atoms with Gasteiger partial charge in [-0.1, -0.05) is 19.9 Å². The van der Waals surface area contributed by atoms with Crippen LogP contribution in [0.3, 0.4) is 0 Å². The summed E-state index contributed by atoms with van der Waals surface area (Å²) < 4.78 is 0. The van der Waals surface area contributed by atoms with E-state index in [0.29, 0.717) is 23.2 Å². The molecule has 112 valence electrons. The van der Waals surface area contributed by atoms with Gasteiger partial charge >= 0.3 is 0 Å². The Balaban J connectivity index is 2.02. The van der Waals surface area contributed by atoms with Gasteiger partial charge in [0, 0.05) is 18.3 Å². The standard InChI is InChI=1S/C17H23N3O/c1-12(2)11-20(16-7-8-16)13(3)17(21)19-15-6-4-5-14(9-15)10-18/h4-6,9,12-13,16H,7-8,11H2,1-3H3,(H,19,21). The molecule has 0 saturated heterocycles. The van der Waals surface area contributed by atoms with E-state index in [0.717, 1.165) is 6.54 Å². The minimum atomic E-state index is -0.148. The molecule has 1 aliphatic rings. The van der Waals surface area contributed by atoms with Crippen molar-refractivity contribution in [3.8, 4) is 6.07 Å². The highest BCUT2D eigenvalue weighted by molar-refractivity contribution is 5.94. The molecular formula is C17H23N3O. The highest BCUT2D eigenvalue weighted by Gasteiger charge is 2.35. The highest BCUT2D eigenvalue weighted by Crippen LogP contribution is 2.29. The number of nitrogens with zero attached hydrogens (tertiary/aromatic N) is 2. The lowest BCUT2D eigenvalue weighted by Crippen LogP contribution is -2.45. The van der Waals surface area contributed by atoms with Crippen LogP contribution in [-0.2, 0) is 4.79 Å². The lowest BCUT2D eigenvalue weighted by Gasteiger charge is -2.29. The molecule has 2 rings (SSSR count). The molecule has 1 atom stereocenters. The second kappa shape index (κ2) is 6.73. The third kappa shape index (κ3) is 4.30. The molecule has 1 aliphatic carbocycles. The van der Waals surface area contributed by atoms with Crippen LogP contribution in [0.5, 0.6) is 0 Å². The molecule has 0 bridgehead atoms. The molecule has 4 heteroatoms. The molecule has 21 heavy (non-hydrogen) atoms. The van der Waals surface area contributed by atoms with Crippen LogP contribution >= 0.6 is 0 Å². The Hall–Kier alpha value is -1.86. The first-order valence-electron chi connectivity index (χ1n) is 7.58. The van der Waals surface area contributed by atoms with Crippen molar-refractivity contribution in [1.82, 2.24) is 4.90 Å². The van der Waals surface area contributed by atoms with E-state index in [9.17, 15) is 4.79 Å². The molecule has 1 amide bonds. The molecule has 1 saturated carbocycles. The van der Waals surface area contributed by atoms with Crippen molar-refractivity contribution in [2.45, 2.75) is 45.7 Å². The van der Waals surface area contributed by atoms with Gasteiger partial charge in [0.05, 0.1) is 17.7 Å². The van der Waals surface area contributed by atoms with Gasteiger partial charge in [0.25, 0.3) is 0 Å². The summed E-state index contributed by atoms with van der Waals surface area (Å²) in [4.78, 5) is 14.7. The predicted octanol–water partition coefficient (Wildman–Crippen LogP) is 3.01. The average Bonchev–Trinajstić information content (AvgIpc) is 3.28. The molecule has 4 nitrogen and oxygen atoms in total. The molecule has 1 unspecified atom stereocenters. The summed E-state index contributed by atoms with van der Waals surface area (Å²) in [5, 5.41) is 11.8. The Labute approximate surface area is 126 Å². The molecule has 0 aromatic heterocycles. The first-order valence-corrected chi connectivity index (χ1v) is 7.58. The number of hydrogen-bond donors (Lipinski definition) is 1. The van der Waals surface area contributed by atoms with Crippen LogP contribution in [0.2, 0.25) is 0 Å². The molecule has 1 N–H and O–H groups in total. The Morgan fingerprint density at radius 1 is 1.43 bits per heavy atom. The maximum atomic E-state index is 12.4. The van der Waals surface area contributed by atoms with Crippen molar-refractivity contribution in [3.05, 3.63) is 29.8 Å². The van der Waals surface area contributed by atoms with E-state index in [4.69, 9.17) is 5.26 Å². The van der Waals surface area contributed by atoms with Gasteiger partial charge in [-0.05, 0) is 43.9 Å². The normalized spacial score (nSPS) is 15.8. The molecule has 1 fully saturated rings. The second-order valence-electron chi connectivity index (χ2n) is 6.18. The highest BCUT2D eigenvalue weighted by atomic mass is 16.2. The monoisotopic (exact) mass is 285 g/mol. The Morgan fingerprint density at radius 2 is 2.14 bits per heavy atom. The maximum absolute atomic E-state index is 12.4. The minimum Gasteiger partial charge on any atom is -0.325 e. The number of anilines is 1. The number of hydrogen-bond acceptors (Lipinski definition) is 3. The SMILES string of the molecule is CC(C)CN(C1CC1)C(C)C(=O)Nc1cccc(C#N)c1. The van der Waals surface area contributed by atoms with E-state index in [1.807, 2.05) is 13.0 Å². The van der Waals surface area contributed by atoms with Crippen molar-refractivity contribution in [3.63, 3.8) is 0 Å². The summed E-state index contributed by atoms with van der Waals surface area (Å²) in [7, 11) is 0.